The van der Waals surface area contributed by atoms with Crippen molar-refractivity contribution >= 4 is 0 Å². The van der Waals surface area contributed by atoms with Gasteiger partial charge < -0.3 is 4.74 Å². The molecular weight excluding hydrogens is 180 g/mol. The van der Waals surface area contributed by atoms with Crippen LogP contribution in [0.4, 0.5) is 0 Å². The van der Waals surface area contributed by atoms with Crippen molar-refractivity contribution in [3.05, 3.63) is 20.2 Å². The van der Waals surface area contributed by atoms with Crippen molar-refractivity contribution in [3.63, 3.8) is 0 Å². The highest BCUT2D eigenvalue weighted by Gasteiger charge is 2.50. The van der Waals surface area contributed by atoms with Crippen molar-refractivity contribution in [1.82, 2.24) is 0 Å². The van der Waals surface area contributed by atoms with Crippen LogP contribution in [0.15, 0.2) is 0 Å². The molecule has 1 unspecified atom stereocenters. The Hall–Kier alpha value is -1.24. The van der Waals surface area contributed by atoms with Crippen LogP contribution in [0.2, 0.25) is 0 Å². The lowest BCUT2D eigenvalue weighted by Crippen LogP contribution is -2.43. The first kappa shape index (κ1) is 9.85. The number of hydrogen-bond acceptors (Lipinski definition) is 5. The van der Waals surface area contributed by atoms with Crippen molar-refractivity contribution in [1.29, 1.82) is 0 Å². The van der Waals surface area contributed by atoms with Crippen molar-refractivity contribution in [2.45, 2.75) is 31.5 Å². The summed E-state index contributed by atoms with van der Waals surface area (Å²) in [6.07, 6.45) is 0.273. The van der Waals surface area contributed by atoms with Crippen LogP contribution in [0.5, 0.6) is 0 Å². The Kier molecular flexibility index (Phi) is 2.46. The average molecular weight is 190 g/mol. The van der Waals surface area contributed by atoms with Gasteiger partial charge in [-0.2, -0.15) is 0 Å². The van der Waals surface area contributed by atoms with E-state index in [-0.39, 0.29) is 12.5 Å². The Labute approximate surface area is 74.0 Å². The molecule has 7 nitrogen and oxygen atoms in total. The summed E-state index contributed by atoms with van der Waals surface area (Å²) in [5.41, 5.74) is -2.06. The standard InChI is InChI=1S/C6H10N2O5/c1-6(7(9)10,8(11)12)3-2-5-4-13-5/h5H,2-4H2,1H3. The fraction of sp³-hybridized carbons (Fsp3) is 1.00. The summed E-state index contributed by atoms with van der Waals surface area (Å²) in [6.45, 7) is 1.58. The van der Waals surface area contributed by atoms with Gasteiger partial charge >= 0.3 is 5.66 Å². The topological polar surface area (TPSA) is 98.8 Å². The third-order valence-electron chi connectivity index (χ3n) is 2.13. The van der Waals surface area contributed by atoms with Gasteiger partial charge in [0.15, 0.2) is 0 Å². The van der Waals surface area contributed by atoms with Gasteiger partial charge in [-0.1, -0.05) is 0 Å². The van der Waals surface area contributed by atoms with Crippen LogP contribution in [0.25, 0.3) is 0 Å². The molecule has 1 saturated heterocycles. The van der Waals surface area contributed by atoms with E-state index in [4.69, 9.17) is 4.74 Å². The summed E-state index contributed by atoms with van der Waals surface area (Å²) in [5.74, 6) is 0. The number of ether oxygens (including phenoxy) is 1. The third kappa shape index (κ3) is 2.11. The molecule has 0 aromatic rings. The van der Waals surface area contributed by atoms with E-state index in [9.17, 15) is 20.2 Å². The molecule has 0 amide bonds. The van der Waals surface area contributed by atoms with Gasteiger partial charge in [0.2, 0.25) is 0 Å². The quantitative estimate of drug-likeness (QED) is 0.271. The molecule has 1 atom stereocenters. The molecule has 0 spiro atoms. The lowest BCUT2D eigenvalue weighted by molar-refractivity contribution is -0.793. The second kappa shape index (κ2) is 3.25. The van der Waals surface area contributed by atoms with Crippen LogP contribution in [0.1, 0.15) is 19.8 Å². The zero-order chi connectivity index (χ0) is 10.1. The Morgan fingerprint density at radius 1 is 1.46 bits per heavy atom. The second-order valence-corrected chi connectivity index (χ2v) is 3.23. The summed E-state index contributed by atoms with van der Waals surface area (Å²) in [6, 6.07) is 0. The average Bonchev–Trinajstić information content (AvgIpc) is 2.82. The maximum atomic E-state index is 10.4. The van der Waals surface area contributed by atoms with Crippen LogP contribution >= 0.6 is 0 Å². The molecule has 1 aliphatic rings. The molecule has 1 heterocycles. The SMILES string of the molecule is CC(CCC1CO1)([N+](=O)[O-])[N+](=O)[O-]. The Balaban J connectivity index is 2.54. The van der Waals surface area contributed by atoms with Crippen LogP contribution in [-0.4, -0.2) is 28.2 Å². The maximum absolute atomic E-state index is 10.4. The summed E-state index contributed by atoms with van der Waals surface area (Å²) in [5, 5.41) is 20.8. The van der Waals surface area contributed by atoms with Crippen LogP contribution in [-0.2, 0) is 4.74 Å². The zero-order valence-corrected chi connectivity index (χ0v) is 7.13. The molecule has 74 valence electrons. The predicted molar refractivity (Wildman–Crippen MR) is 41.4 cm³/mol. The van der Waals surface area contributed by atoms with Crippen LogP contribution < -0.4 is 0 Å². The molecule has 0 N–H and O–H groups in total. The molecule has 0 aromatic carbocycles. The highest BCUT2D eigenvalue weighted by molar-refractivity contribution is 4.72. The summed E-state index contributed by atoms with van der Waals surface area (Å²) >= 11 is 0. The molecule has 1 fully saturated rings. The van der Waals surface area contributed by atoms with Gasteiger partial charge in [-0.25, -0.2) is 0 Å². The zero-order valence-electron chi connectivity index (χ0n) is 7.13. The van der Waals surface area contributed by atoms with Gasteiger partial charge in [-0.05, 0) is 6.42 Å². The van der Waals surface area contributed by atoms with Crippen LogP contribution in [0.3, 0.4) is 0 Å². The van der Waals surface area contributed by atoms with E-state index in [1.54, 1.807) is 0 Å². The van der Waals surface area contributed by atoms with Gasteiger partial charge in [-0.3, -0.25) is 20.2 Å². The minimum absolute atomic E-state index is 0.0146. The number of nitrogens with zero attached hydrogens (tertiary/aromatic N) is 2. The van der Waals surface area contributed by atoms with Crippen molar-refractivity contribution in [2.75, 3.05) is 6.61 Å². The molecule has 0 bridgehead atoms. The predicted octanol–water partition coefficient (Wildman–Crippen LogP) is 0.435. The summed E-state index contributed by atoms with van der Waals surface area (Å²) in [7, 11) is 0. The number of rotatable bonds is 5. The molecule has 0 aliphatic carbocycles. The minimum atomic E-state index is -2.06. The monoisotopic (exact) mass is 190 g/mol. The third-order valence-corrected chi connectivity index (χ3v) is 2.13. The molecule has 0 aromatic heterocycles. The first-order chi connectivity index (χ1) is 5.97. The number of hydrogen-bond donors (Lipinski definition) is 0. The minimum Gasteiger partial charge on any atom is -0.373 e. The number of epoxide rings is 1. The molecule has 0 radical (unpaired) electrons. The van der Waals surface area contributed by atoms with Gasteiger partial charge in [0.25, 0.3) is 0 Å². The van der Waals surface area contributed by atoms with E-state index >= 15 is 0 Å². The van der Waals surface area contributed by atoms with Crippen molar-refractivity contribution in [2.24, 2.45) is 0 Å². The highest BCUT2D eigenvalue weighted by Crippen LogP contribution is 2.23. The Morgan fingerprint density at radius 3 is 2.23 bits per heavy atom. The van der Waals surface area contributed by atoms with Gasteiger partial charge in [-0.15, -0.1) is 0 Å². The van der Waals surface area contributed by atoms with E-state index < -0.39 is 15.5 Å². The smallest absolute Gasteiger partial charge is 0.373 e. The normalized spacial score (nSPS) is 21.2. The molecule has 1 rings (SSSR count). The Bertz CT molecular complexity index is 223. The fourth-order valence-electron chi connectivity index (χ4n) is 0.918. The van der Waals surface area contributed by atoms with Gasteiger partial charge in [0.1, 0.15) is 0 Å². The maximum Gasteiger partial charge on any atom is 0.456 e. The van der Waals surface area contributed by atoms with E-state index in [1.807, 2.05) is 0 Å². The first-order valence-electron chi connectivity index (χ1n) is 3.87. The lowest BCUT2D eigenvalue weighted by atomic mass is 10.1. The fourth-order valence-corrected chi connectivity index (χ4v) is 0.918. The van der Waals surface area contributed by atoms with Crippen LogP contribution in [0, 0.1) is 20.2 Å². The summed E-state index contributed by atoms with van der Waals surface area (Å²) < 4.78 is 4.82. The van der Waals surface area contributed by atoms with Gasteiger partial charge in [0, 0.05) is 0 Å². The van der Waals surface area contributed by atoms with E-state index in [1.165, 1.54) is 0 Å². The van der Waals surface area contributed by atoms with E-state index in [2.05, 4.69) is 0 Å². The molecule has 7 heteroatoms. The van der Waals surface area contributed by atoms with Crippen molar-refractivity contribution in [3.8, 4) is 0 Å². The molecule has 13 heavy (non-hydrogen) atoms. The second-order valence-electron chi connectivity index (χ2n) is 3.23. The first-order valence-corrected chi connectivity index (χ1v) is 3.87. The molecular formula is C6H10N2O5. The largest absolute Gasteiger partial charge is 0.456 e. The highest BCUT2D eigenvalue weighted by atomic mass is 16.7. The number of nitro groups is 2. The lowest BCUT2D eigenvalue weighted by Gasteiger charge is -2.10. The molecule has 0 saturated carbocycles. The van der Waals surface area contributed by atoms with Crippen molar-refractivity contribution < 1.29 is 14.6 Å². The Morgan fingerprint density at radius 2 is 1.92 bits per heavy atom. The van der Waals surface area contributed by atoms with E-state index in [0.29, 0.717) is 13.0 Å². The van der Waals surface area contributed by atoms with E-state index in [0.717, 1.165) is 6.92 Å². The van der Waals surface area contributed by atoms with Gasteiger partial charge in [0.05, 0.1) is 35.9 Å². The molecule has 1 aliphatic heterocycles. The summed E-state index contributed by atoms with van der Waals surface area (Å²) in [4.78, 5) is 19.1.